The van der Waals surface area contributed by atoms with Gasteiger partial charge in [0.15, 0.2) is 5.60 Å². The Labute approximate surface area is 137 Å². The molecule has 0 heterocycles. The molecule has 0 aromatic heterocycles. The smallest absolute Gasteiger partial charge is 0.177 e. The van der Waals surface area contributed by atoms with Gasteiger partial charge in [-0.2, -0.15) is 0 Å². The molecule has 0 aliphatic carbocycles. The minimum absolute atomic E-state index is 0.387. The van der Waals surface area contributed by atoms with Gasteiger partial charge in [0.1, 0.15) is 5.82 Å². The zero-order chi connectivity index (χ0) is 16.7. The van der Waals surface area contributed by atoms with Crippen molar-refractivity contribution in [3.8, 4) is 11.8 Å². The third-order valence-corrected chi connectivity index (χ3v) is 3.90. The molecular formula is C20H22FNO. The van der Waals surface area contributed by atoms with Gasteiger partial charge < -0.3 is 5.11 Å². The van der Waals surface area contributed by atoms with Crippen LogP contribution in [-0.2, 0) is 5.60 Å². The fourth-order valence-corrected chi connectivity index (χ4v) is 2.43. The molecule has 3 heteroatoms. The SMILES string of the molecule is CCN(CC)CC#C[C@@](O)(c1ccccc1)c1cccc(F)c1. The van der Waals surface area contributed by atoms with Gasteiger partial charge in [0, 0.05) is 11.1 Å². The van der Waals surface area contributed by atoms with Crippen molar-refractivity contribution in [1.82, 2.24) is 4.90 Å². The maximum absolute atomic E-state index is 13.6. The Hall–Kier alpha value is -2.15. The summed E-state index contributed by atoms with van der Waals surface area (Å²) in [6.07, 6.45) is 0. The van der Waals surface area contributed by atoms with Gasteiger partial charge in [-0.25, -0.2) is 4.39 Å². The molecule has 0 unspecified atom stereocenters. The summed E-state index contributed by atoms with van der Waals surface area (Å²) in [4.78, 5) is 2.16. The summed E-state index contributed by atoms with van der Waals surface area (Å²) in [5.41, 5.74) is -0.440. The predicted octanol–water partition coefficient (Wildman–Crippen LogP) is 3.41. The summed E-state index contributed by atoms with van der Waals surface area (Å²) in [7, 11) is 0. The van der Waals surface area contributed by atoms with Crippen molar-refractivity contribution in [2.75, 3.05) is 19.6 Å². The molecule has 0 aliphatic rings. The highest BCUT2D eigenvalue weighted by Crippen LogP contribution is 2.29. The first-order valence-electron chi connectivity index (χ1n) is 7.86. The molecule has 1 atom stereocenters. The van der Waals surface area contributed by atoms with Crippen LogP contribution in [0.1, 0.15) is 25.0 Å². The highest BCUT2D eigenvalue weighted by molar-refractivity contribution is 5.44. The van der Waals surface area contributed by atoms with Crippen LogP contribution in [0.4, 0.5) is 4.39 Å². The van der Waals surface area contributed by atoms with Crippen LogP contribution in [0.5, 0.6) is 0 Å². The predicted molar refractivity (Wildman–Crippen MR) is 91.4 cm³/mol. The molecule has 2 aromatic carbocycles. The maximum Gasteiger partial charge on any atom is 0.177 e. The van der Waals surface area contributed by atoms with Crippen LogP contribution in [-0.4, -0.2) is 29.6 Å². The molecule has 23 heavy (non-hydrogen) atoms. The Morgan fingerprint density at radius 3 is 2.26 bits per heavy atom. The van der Waals surface area contributed by atoms with Gasteiger partial charge in [0.25, 0.3) is 0 Å². The molecule has 0 saturated carbocycles. The van der Waals surface area contributed by atoms with Crippen LogP contribution >= 0.6 is 0 Å². The number of benzene rings is 2. The zero-order valence-electron chi connectivity index (χ0n) is 13.6. The second-order valence-corrected chi connectivity index (χ2v) is 5.35. The lowest BCUT2D eigenvalue weighted by Gasteiger charge is -2.24. The van der Waals surface area contributed by atoms with E-state index in [1.54, 1.807) is 24.3 Å². The molecule has 0 saturated heterocycles. The minimum atomic E-state index is -1.52. The van der Waals surface area contributed by atoms with Gasteiger partial charge >= 0.3 is 0 Å². The van der Waals surface area contributed by atoms with Gasteiger partial charge in [0.2, 0.25) is 0 Å². The first kappa shape index (κ1) is 17.2. The molecule has 0 aliphatic heterocycles. The number of hydrogen-bond acceptors (Lipinski definition) is 2. The molecule has 2 nitrogen and oxygen atoms in total. The monoisotopic (exact) mass is 311 g/mol. The summed E-state index contributed by atoms with van der Waals surface area (Å²) in [5.74, 6) is 5.61. The molecule has 2 rings (SSSR count). The van der Waals surface area contributed by atoms with Crippen molar-refractivity contribution < 1.29 is 9.50 Å². The number of rotatable bonds is 5. The Balaban J connectivity index is 2.43. The summed E-state index contributed by atoms with van der Waals surface area (Å²) in [6, 6.07) is 15.1. The lowest BCUT2D eigenvalue weighted by atomic mass is 9.87. The minimum Gasteiger partial charge on any atom is -0.369 e. The van der Waals surface area contributed by atoms with Gasteiger partial charge in [-0.05, 0) is 25.2 Å². The molecule has 0 bridgehead atoms. The largest absolute Gasteiger partial charge is 0.369 e. The lowest BCUT2D eigenvalue weighted by molar-refractivity contribution is 0.144. The van der Waals surface area contributed by atoms with Crippen molar-refractivity contribution in [1.29, 1.82) is 0 Å². The van der Waals surface area contributed by atoms with Crippen molar-refractivity contribution in [3.63, 3.8) is 0 Å². The van der Waals surface area contributed by atoms with Gasteiger partial charge in [0.05, 0.1) is 6.54 Å². The van der Waals surface area contributed by atoms with Crippen molar-refractivity contribution in [2.45, 2.75) is 19.4 Å². The molecule has 0 fully saturated rings. The number of nitrogens with zero attached hydrogens (tertiary/aromatic N) is 1. The van der Waals surface area contributed by atoms with Crippen LogP contribution in [0.3, 0.4) is 0 Å². The normalized spacial score (nSPS) is 13.3. The van der Waals surface area contributed by atoms with E-state index in [1.165, 1.54) is 12.1 Å². The fourth-order valence-electron chi connectivity index (χ4n) is 2.43. The topological polar surface area (TPSA) is 23.5 Å². The fraction of sp³-hybridized carbons (Fsp3) is 0.300. The van der Waals surface area contributed by atoms with Crippen LogP contribution < -0.4 is 0 Å². The first-order valence-corrected chi connectivity index (χ1v) is 7.86. The quantitative estimate of drug-likeness (QED) is 0.856. The molecule has 2 aromatic rings. The molecule has 1 N–H and O–H groups in total. The van der Waals surface area contributed by atoms with Crippen LogP contribution in [0.15, 0.2) is 54.6 Å². The number of halogens is 1. The zero-order valence-corrected chi connectivity index (χ0v) is 13.6. The van der Waals surface area contributed by atoms with E-state index in [1.807, 2.05) is 18.2 Å². The van der Waals surface area contributed by atoms with Gasteiger partial charge in [-0.3, -0.25) is 4.90 Å². The molecular weight excluding hydrogens is 289 g/mol. The highest BCUT2D eigenvalue weighted by atomic mass is 19.1. The first-order chi connectivity index (χ1) is 11.1. The van der Waals surface area contributed by atoms with E-state index in [4.69, 9.17) is 0 Å². The van der Waals surface area contributed by atoms with E-state index in [0.717, 1.165) is 13.1 Å². The van der Waals surface area contributed by atoms with Crippen molar-refractivity contribution >= 4 is 0 Å². The average molecular weight is 311 g/mol. The Morgan fingerprint density at radius 2 is 1.65 bits per heavy atom. The average Bonchev–Trinajstić information content (AvgIpc) is 2.59. The van der Waals surface area contributed by atoms with Crippen molar-refractivity contribution in [3.05, 3.63) is 71.5 Å². The number of hydrogen-bond donors (Lipinski definition) is 1. The molecule has 0 radical (unpaired) electrons. The Bertz CT molecular complexity index is 686. The second kappa shape index (κ2) is 7.92. The van der Waals surface area contributed by atoms with E-state index < -0.39 is 5.60 Å². The molecule has 0 amide bonds. The van der Waals surface area contributed by atoms with Gasteiger partial charge in [-0.1, -0.05) is 68.2 Å². The number of aliphatic hydroxyl groups is 1. The summed E-state index contributed by atoms with van der Waals surface area (Å²) >= 11 is 0. The van der Waals surface area contributed by atoms with E-state index in [0.29, 0.717) is 17.7 Å². The lowest BCUT2D eigenvalue weighted by Crippen LogP contribution is -2.27. The second-order valence-electron chi connectivity index (χ2n) is 5.35. The highest BCUT2D eigenvalue weighted by Gasteiger charge is 2.29. The van der Waals surface area contributed by atoms with Crippen LogP contribution in [0, 0.1) is 17.7 Å². The molecule has 0 spiro atoms. The van der Waals surface area contributed by atoms with Crippen molar-refractivity contribution in [2.24, 2.45) is 0 Å². The summed E-state index contributed by atoms with van der Waals surface area (Å²) in [5, 5.41) is 11.2. The molecule has 120 valence electrons. The van der Waals surface area contributed by atoms with E-state index in [9.17, 15) is 9.50 Å². The van der Waals surface area contributed by atoms with E-state index >= 15 is 0 Å². The van der Waals surface area contributed by atoms with Gasteiger partial charge in [-0.15, -0.1) is 0 Å². The van der Waals surface area contributed by atoms with E-state index in [-0.39, 0.29) is 5.82 Å². The standard InChI is InChI=1S/C20H22FNO/c1-3-22(4-2)15-9-14-20(23,17-10-6-5-7-11-17)18-12-8-13-19(21)16-18/h5-8,10-13,16,23H,3-4,15H2,1-2H3/t20-/m1/s1. The Kier molecular flexibility index (Phi) is 5.92. The third kappa shape index (κ3) is 4.19. The third-order valence-electron chi connectivity index (χ3n) is 3.90. The summed E-state index contributed by atoms with van der Waals surface area (Å²) < 4.78 is 13.6. The van der Waals surface area contributed by atoms with Crippen LogP contribution in [0.2, 0.25) is 0 Å². The maximum atomic E-state index is 13.6. The van der Waals surface area contributed by atoms with Crippen LogP contribution in [0.25, 0.3) is 0 Å². The summed E-state index contributed by atoms with van der Waals surface area (Å²) in [6.45, 7) is 6.50. The van der Waals surface area contributed by atoms with E-state index in [2.05, 4.69) is 30.6 Å². The Morgan fingerprint density at radius 1 is 1.00 bits per heavy atom.